The van der Waals surface area contributed by atoms with E-state index >= 15 is 0 Å². The van der Waals surface area contributed by atoms with E-state index in [2.05, 4.69) is 5.32 Å². The Morgan fingerprint density at radius 1 is 1.57 bits per heavy atom. The van der Waals surface area contributed by atoms with Crippen LogP contribution in [0.2, 0.25) is 0 Å². The van der Waals surface area contributed by atoms with E-state index in [9.17, 15) is 9.59 Å². The van der Waals surface area contributed by atoms with Crippen molar-refractivity contribution in [3.8, 4) is 0 Å². The quantitative estimate of drug-likeness (QED) is 0.493. The van der Waals surface area contributed by atoms with Gasteiger partial charge in [-0.1, -0.05) is 13.8 Å². The first-order valence-electron chi connectivity index (χ1n) is 4.54. The summed E-state index contributed by atoms with van der Waals surface area (Å²) in [6, 6.07) is -0.502. The van der Waals surface area contributed by atoms with Crippen molar-refractivity contribution in [1.29, 1.82) is 0 Å². The molecule has 1 unspecified atom stereocenters. The van der Waals surface area contributed by atoms with E-state index in [0.717, 1.165) is 5.06 Å². The Kier molecular flexibility index (Phi) is 5.87. The fraction of sp³-hybridized carbons (Fsp3) is 0.778. The van der Waals surface area contributed by atoms with Gasteiger partial charge in [-0.25, -0.2) is 5.06 Å². The Bertz CT molecular complexity index is 194. The van der Waals surface area contributed by atoms with E-state index in [0.29, 0.717) is 18.7 Å². The van der Waals surface area contributed by atoms with Gasteiger partial charge in [-0.2, -0.15) is 0 Å². The van der Waals surface area contributed by atoms with E-state index in [1.807, 2.05) is 13.8 Å². The molecule has 0 spiro atoms. The molecule has 0 aliphatic rings. The second kappa shape index (κ2) is 6.37. The molecule has 5 heteroatoms. The number of hydrogen-bond acceptors (Lipinski definition) is 3. The predicted octanol–water partition coefficient (Wildman–Crippen LogP) is 0.167. The van der Waals surface area contributed by atoms with Crippen LogP contribution in [0, 0.1) is 5.92 Å². The van der Waals surface area contributed by atoms with Crippen LogP contribution in [-0.4, -0.2) is 37.6 Å². The average Bonchev–Trinajstić information content (AvgIpc) is 2.14. The van der Waals surface area contributed by atoms with Gasteiger partial charge in [0.05, 0.1) is 7.11 Å². The fourth-order valence-electron chi connectivity index (χ4n) is 1.10. The number of hydroxylamine groups is 2. The minimum absolute atomic E-state index is 0.242. The summed E-state index contributed by atoms with van der Waals surface area (Å²) in [7, 11) is 2.92. The van der Waals surface area contributed by atoms with Crippen molar-refractivity contribution in [3.63, 3.8) is 0 Å². The molecule has 0 heterocycles. The lowest BCUT2D eigenvalue weighted by molar-refractivity contribution is -0.171. The Hall–Kier alpha value is -1.10. The second-order valence-corrected chi connectivity index (χ2v) is 3.48. The Balaban J connectivity index is 4.31. The van der Waals surface area contributed by atoms with Crippen LogP contribution in [0.5, 0.6) is 0 Å². The topological polar surface area (TPSA) is 58.6 Å². The van der Waals surface area contributed by atoms with Crippen LogP contribution in [-0.2, 0) is 14.4 Å². The van der Waals surface area contributed by atoms with Gasteiger partial charge in [0, 0.05) is 7.05 Å². The SMILES string of the molecule is CON(C)C(=O)C(CC(C)C)NC=O. The summed E-state index contributed by atoms with van der Waals surface area (Å²) in [5, 5.41) is 3.59. The maximum atomic E-state index is 11.6. The van der Waals surface area contributed by atoms with Crippen LogP contribution in [0.4, 0.5) is 0 Å². The summed E-state index contributed by atoms with van der Waals surface area (Å²) in [5.74, 6) is 0.0926. The van der Waals surface area contributed by atoms with Crippen molar-refractivity contribution in [2.24, 2.45) is 5.92 Å². The number of nitrogens with one attached hydrogen (secondary N) is 1. The lowest BCUT2D eigenvalue weighted by atomic mass is 10.0. The maximum Gasteiger partial charge on any atom is 0.268 e. The summed E-state index contributed by atoms with van der Waals surface area (Å²) in [5.41, 5.74) is 0. The van der Waals surface area contributed by atoms with Crippen LogP contribution >= 0.6 is 0 Å². The molecule has 82 valence electrons. The molecular formula is C9H18N2O3. The minimum Gasteiger partial charge on any atom is -0.347 e. The van der Waals surface area contributed by atoms with Crippen LogP contribution in [0.25, 0.3) is 0 Å². The lowest BCUT2D eigenvalue weighted by Crippen LogP contribution is -2.44. The maximum absolute atomic E-state index is 11.6. The molecule has 0 fully saturated rings. The van der Waals surface area contributed by atoms with Crippen LogP contribution in [0.15, 0.2) is 0 Å². The van der Waals surface area contributed by atoms with Gasteiger partial charge in [0.2, 0.25) is 6.41 Å². The molecule has 0 aliphatic heterocycles. The largest absolute Gasteiger partial charge is 0.347 e. The first-order valence-corrected chi connectivity index (χ1v) is 4.54. The molecule has 2 amide bonds. The number of carbonyl (C=O) groups is 2. The van der Waals surface area contributed by atoms with Gasteiger partial charge in [0.1, 0.15) is 6.04 Å². The fourth-order valence-corrected chi connectivity index (χ4v) is 1.10. The van der Waals surface area contributed by atoms with Crippen molar-refractivity contribution >= 4 is 12.3 Å². The molecule has 0 rings (SSSR count). The van der Waals surface area contributed by atoms with Gasteiger partial charge in [0.15, 0.2) is 0 Å². The smallest absolute Gasteiger partial charge is 0.268 e. The highest BCUT2D eigenvalue weighted by Crippen LogP contribution is 2.06. The second-order valence-electron chi connectivity index (χ2n) is 3.48. The molecule has 0 bridgehead atoms. The van der Waals surface area contributed by atoms with Gasteiger partial charge in [-0.15, -0.1) is 0 Å². The number of hydrogen-bond donors (Lipinski definition) is 1. The number of rotatable bonds is 6. The summed E-state index contributed by atoms with van der Waals surface area (Å²) in [4.78, 5) is 26.6. The zero-order valence-electron chi connectivity index (χ0n) is 9.11. The van der Waals surface area contributed by atoms with Crippen molar-refractivity contribution in [3.05, 3.63) is 0 Å². The molecule has 0 aromatic rings. The molecule has 0 aromatic carbocycles. The first kappa shape index (κ1) is 12.9. The summed E-state index contributed by atoms with van der Waals surface area (Å²) in [6.07, 6.45) is 1.14. The molecule has 1 N–H and O–H groups in total. The molecule has 1 atom stereocenters. The lowest BCUT2D eigenvalue weighted by Gasteiger charge is -2.22. The monoisotopic (exact) mass is 202 g/mol. The zero-order chi connectivity index (χ0) is 11.1. The molecule has 0 radical (unpaired) electrons. The van der Waals surface area contributed by atoms with Crippen LogP contribution < -0.4 is 5.32 Å². The van der Waals surface area contributed by atoms with Crippen molar-refractivity contribution in [2.75, 3.05) is 14.2 Å². The molecule has 0 saturated carbocycles. The van der Waals surface area contributed by atoms with Gasteiger partial charge >= 0.3 is 0 Å². The first-order chi connectivity index (χ1) is 6.52. The standard InChI is InChI=1S/C9H18N2O3/c1-7(2)5-8(10-6-12)9(13)11(3)14-4/h6-8H,5H2,1-4H3,(H,10,12). The number of likely N-dealkylation sites (N-methyl/N-ethyl adjacent to an activating group) is 1. The Morgan fingerprint density at radius 3 is 2.50 bits per heavy atom. The highest BCUT2D eigenvalue weighted by Gasteiger charge is 2.22. The number of nitrogens with zero attached hydrogens (tertiary/aromatic N) is 1. The number of carbonyl (C=O) groups excluding carboxylic acids is 2. The Labute approximate surface area is 84.4 Å². The van der Waals surface area contributed by atoms with Gasteiger partial charge < -0.3 is 5.32 Å². The van der Waals surface area contributed by atoms with Crippen molar-refractivity contribution in [2.45, 2.75) is 26.3 Å². The van der Waals surface area contributed by atoms with Gasteiger partial charge in [-0.05, 0) is 12.3 Å². The highest BCUT2D eigenvalue weighted by molar-refractivity contribution is 5.82. The van der Waals surface area contributed by atoms with E-state index in [1.165, 1.54) is 14.2 Å². The molecular weight excluding hydrogens is 184 g/mol. The third-order valence-corrected chi connectivity index (χ3v) is 1.86. The predicted molar refractivity (Wildman–Crippen MR) is 52.2 cm³/mol. The van der Waals surface area contributed by atoms with Crippen LogP contribution in [0.1, 0.15) is 20.3 Å². The minimum atomic E-state index is -0.502. The normalized spacial score (nSPS) is 12.4. The zero-order valence-corrected chi connectivity index (χ0v) is 9.11. The van der Waals surface area contributed by atoms with Crippen LogP contribution in [0.3, 0.4) is 0 Å². The Morgan fingerprint density at radius 2 is 2.14 bits per heavy atom. The van der Waals surface area contributed by atoms with E-state index in [4.69, 9.17) is 4.84 Å². The summed E-state index contributed by atoms with van der Waals surface area (Å²) < 4.78 is 0. The number of amides is 2. The van der Waals surface area contributed by atoms with E-state index in [1.54, 1.807) is 0 Å². The average molecular weight is 202 g/mol. The highest BCUT2D eigenvalue weighted by atomic mass is 16.7. The summed E-state index contributed by atoms with van der Waals surface area (Å²) in [6.45, 7) is 3.97. The van der Waals surface area contributed by atoms with E-state index in [-0.39, 0.29) is 5.91 Å². The molecule has 0 aliphatic carbocycles. The van der Waals surface area contributed by atoms with E-state index < -0.39 is 6.04 Å². The van der Waals surface area contributed by atoms with Gasteiger partial charge in [0.25, 0.3) is 5.91 Å². The molecule has 14 heavy (non-hydrogen) atoms. The summed E-state index contributed by atoms with van der Waals surface area (Å²) >= 11 is 0. The van der Waals surface area contributed by atoms with Gasteiger partial charge in [-0.3, -0.25) is 14.4 Å². The van der Waals surface area contributed by atoms with Crippen molar-refractivity contribution in [1.82, 2.24) is 10.4 Å². The molecule has 0 aromatic heterocycles. The molecule has 5 nitrogen and oxygen atoms in total. The third kappa shape index (κ3) is 4.23. The van der Waals surface area contributed by atoms with Crippen molar-refractivity contribution < 1.29 is 14.4 Å². The molecule has 0 saturated heterocycles. The third-order valence-electron chi connectivity index (χ3n) is 1.86.